The van der Waals surface area contributed by atoms with Crippen molar-refractivity contribution in [3.05, 3.63) is 52.7 Å². The fraction of sp³-hybridized carbons (Fsp3) is 0.0769. The zero-order valence-electron chi connectivity index (χ0n) is 10.2. The standard InChI is InChI=1S/C13H7ClF3NO3/c14-9-5-7(13(15,16)17)6-18-11(9)21-10-4-2-1-3-8(10)12(19)20/h1-6H,(H,19,20). The van der Waals surface area contributed by atoms with Crippen LogP contribution < -0.4 is 4.74 Å². The number of hydrogen-bond acceptors (Lipinski definition) is 3. The van der Waals surface area contributed by atoms with E-state index < -0.39 is 17.7 Å². The minimum absolute atomic E-state index is 0.0702. The molecule has 21 heavy (non-hydrogen) atoms. The molecular weight excluding hydrogens is 311 g/mol. The largest absolute Gasteiger partial charge is 0.478 e. The molecule has 4 nitrogen and oxygen atoms in total. The van der Waals surface area contributed by atoms with Gasteiger partial charge in [0, 0.05) is 6.20 Å². The predicted molar refractivity (Wildman–Crippen MR) is 67.7 cm³/mol. The van der Waals surface area contributed by atoms with Crippen molar-refractivity contribution >= 4 is 17.6 Å². The molecule has 0 aliphatic rings. The molecule has 0 amide bonds. The highest BCUT2D eigenvalue weighted by atomic mass is 35.5. The van der Waals surface area contributed by atoms with Crippen LogP contribution in [0.2, 0.25) is 5.02 Å². The van der Waals surface area contributed by atoms with E-state index in [1.165, 1.54) is 24.3 Å². The van der Waals surface area contributed by atoms with Gasteiger partial charge in [-0.25, -0.2) is 9.78 Å². The lowest BCUT2D eigenvalue weighted by Crippen LogP contribution is -2.06. The lowest BCUT2D eigenvalue weighted by molar-refractivity contribution is -0.137. The predicted octanol–water partition coefficient (Wildman–Crippen LogP) is 4.24. The molecule has 1 heterocycles. The van der Waals surface area contributed by atoms with Gasteiger partial charge in [-0.2, -0.15) is 13.2 Å². The summed E-state index contributed by atoms with van der Waals surface area (Å²) in [4.78, 5) is 14.5. The van der Waals surface area contributed by atoms with E-state index in [0.29, 0.717) is 12.3 Å². The number of benzene rings is 1. The molecule has 1 aromatic carbocycles. The van der Waals surface area contributed by atoms with E-state index in [1.54, 1.807) is 0 Å². The molecular formula is C13H7ClF3NO3. The summed E-state index contributed by atoms with van der Waals surface area (Å²) in [5, 5.41) is 8.61. The Morgan fingerprint density at radius 1 is 1.29 bits per heavy atom. The molecule has 0 saturated heterocycles. The Labute approximate surface area is 121 Å². The maximum Gasteiger partial charge on any atom is 0.417 e. The zero-order valence-corrected chi connectivity index (χ0v) is 10.9. The number of para-hydroxylation sites is 1. The van der Waals surface area contributed by atoms with Crippen LogP contribution in [0.1, 0.15) is 15.9 Å². The van der Waals surface area contributed by atoms with E-state index in [2.05, 4.69) is 4.98 Å². The molecule has 1 aromatic heterocycles. The third-order valence-corrected chi connectivity index (χ3v) is 2.73. The summed E-state index contributed by atoms with van der Waals surface area (Å²) >= 11 is 5.68. The number of carboxylic acid groups (broad SMARTS) is 1. The number of carboxylic acids is 1. The van der Waals surface area contributed by atoms with Gasteiger partial charge in [0.1, 0.15) is 16.3 Å². The second-order valence-corrected chi connectivity index (χ2v) is 4.32. The molecule has 0 radical (unpaired) electrons. The Bertz CT molecular complexity index is 689. The maximum absolute atomic E-state index is 12.5. The molecule has 0 spiro atoms. The molecule has 0 bridgehead atoms. The first-order chi connectivity index (χ1) is 9.79. The summed E-state index contributed by atoms with van der Waals surface area (Å²) in [5.41, 5.74) is -1.18. The van der Waals surface area contributed by atoms with E-state index in [4.69, 9.17) is 21.4 Å². The van der Waals surface area contributed by atoms with Crippen molar-refractivity contribution in [2.75, 3.05) is 0 Å². The molecule has 0 fully saturated rings. The van der Waals surface area contributed by atoms with E-state index in [9.17, 15) is 18.0 Å². The van der Waals surface area contributed by atoms with Crippen LogP contribution in [0.25, 0.3) is 0 Å². The minimum Gasteiger partial charge on any atom is -0.478 e. The Morgan fingerprint density at radius 3 is 2.52 bits per heavy atom. The summed E-state index contributed by atoms with van der Waals surface area (Å²) in [6.07, 6.45) is -4.02. The molecule has 2 rings (SSSR count). The number of aromatic carboxylic acids is 1. The summed E-state index contributed by atoms with van der Waals surface area (Å²) in [7, 11) is 0. The van der Waals surface area contributed by atoms with E-state index in [-0.39, 0.29) is 22.2 Å². The number of halogens is 4. The SMILES string of the molecule is O=C(O)c1ccccc1Oc1ncc(C(F)(F)F)cc1Cl. The fourth-order valence-corrected chi connectivity index (χ4v) is 1.70. The summed E-state index contributed by atoms with van der Waals surface area (Å²) < 4.78 is 42.6. The molecule has 0 aliphatic heterocycles. The van der Waals surface area contributed by atoms with Crippen LogP contribution in [0.5, 0.6) is 11.6 Å². The fourth-order valence-electron chi connectivity index (χ4n) is 1.49. The van der Waals surface area contributed by atoms with Gasteiger partial charge in [-0.15, -0.1) is 0 Å². The van der Waals surface area contributed by atoms with Crippen molar-refractivity contribution in [2.24, 2.45) is 0 Å². The van der Waals surface area contributed by atoms with Crippen LogP contribution in [0.15, 0.2) is 36.5 Å². The van der Waals surface area contributed by atoms with Gasteiger partial charge in [-0.05, 0) is 18.2 Å². The van der Waals surface area contributed by atoms with E-state index >= 15 is 0 Å². The van der Waals surface area contributed by atoms with Crippen molar-refractivity contribution in [1.29, 1.82) is 0 Å². The van der Waals surface area contributed by atoms with Gasteiger partial charge < -0.3 is 9.84 Å². The highest BCUT2D eigenvalue weighted by Gasteiger charge is 2.31. The van der Waals surface area contributed by atoms with Crippen molar-refractivity contribution < 1.29 is 27.8 Å². The van der Waals surface area contributed by atoms with Gasteiger partial charge >= 0.3 is 12.1 Å². The first kappa shape index (κ1) is 15.1. The van der Waals surface area contributed by atoms with E-state index in [0.717, 1.165) is 0 Å². The molecule has 0 aliphatic carbocycles. The number of ether oxygens (including phenoxy) is 1. The molecule has 0 saturated carbocycles. The third-order valence-electron chi connectivity index (χ3n) is 2.46. The van der Waals surface area contributed by atoms with Crippen LogP contribution in [0.3, 0.4) is 0 Å². The third kappa shape index (κ3) is 3.43. The number of carbonyl (C=O) groups is 1. The first-order valence-corrected chi connectivity index (χ1v) is 5.90. The average molecular weight is 318 g/mol. The highest BCUT2D eigenvalue weighted by Crippen LogP contribution is 2.35. The van der Waals surface area contributed by atoms with Crippen molar-refractivity contribution in [3.63, 3.8) is 0 Å². The van der Waals surface area contributed by atoms with Crippen LogP contribution in [-0.4, -0.2) is 16.1 Å². The van der Waals surface area contributed by atoms with Gasteiger partial charge in [-0.1, -0.05) is 23.7 Å². The Hall–Kier alpha value is -2.28. The quantitative estimate of drug-likeness (QED) is 0.919. The van der Waals surface area contributed by atoms with Crippen LogP contribution >= 0.6 is 11.6 Å². The molecule has 8 heteroatoms. The smallest absolute Gasteiger partial charge is 0.417 e. The van der Waals surface area contributed by atoms with Crippen molar-refractivity contribution in [3.8, 4) is 11.6 Å². The molecule has 0 atom stereocenters. The van der Waals surface area contributed by atoms with Crippen molar-refractivity contribution in [2.45, 2.75) is 6.18 Å². The number of pyridine rings is 1. The summed E-state index contributed by atoms with van der Waals surface area (Å²) in [6, 6.07) is 6.29. The Morgan fingerprint density at radius 2 is 1.95 bits per heavy atom. The number of aromatic nitrogens is 1. The second-order valence-electron chi connectivity index (χ2n) is 3.91. The number of alkyl halides is 3. The van der Waals surface area contributed by atoms with Crippen LogP contribution in [-0.2, 0) is 6.18 Å². The second kappa shape index (κ2) is 5.61. The summed E-state index contributed by atoms with van der Waals surface area (Å²) in [6.45, 7) is 0. The first-order valence-electron chi connectivity index (χ1n) is 5.52. The summed E-state index contributed by atoms with van der Waals surface area (Å²) in [5.74, 6) is -1.62. The monoisotopic (exact) mass is 317 g/mol. The lowest BCUT2D eigenvalue weighted by Gasteiger charge is -2.11. The van der Waals surface area contributed by atoms with Crippen molar-refractivity contribution in [1.82, 2.24) is 4.98 Å². The normalized spacial score (nSPS) is 11.2. The number of rotatable bonds is 3. The molecule has 2 aromatic rings. The minimum atomic E-state index is -4.58. The van der Waals surface area contributed by atoms with Crippen LogP contribution in [0.4, 0.5) is 13.2 Å². The van der Waals surface area contributed by atoms with Crippen LogP contribution in [0, 0.1) is 0 Å². The molecule has 0 unspecified atom stereocenters. The molecule has 110 valence electrons. The van der Waals surface area contributed by atoms with Gasteiger partial charge in [0.25, 0.3) is 0 Å². The number of nitrogens with zero attached hydrogens (tertiary/aromatic N) is 1. The Kier molecular flexibility index (Phi) is 4.04. The van der Waals surface area contributed by atoms with Gasteiger partial charge in [0.15, 0.2) is 0 Å². The topological polar surface area (TPSA) is 59.4 Å². The maximum atomic E-state index is 12.5. The molecule has 1 N–H and O–H groups in total. The number of hydrogen-bond donors (Lipinski definition) is 1. The average Bonchev–Trinajstić information content (AvgIpc) is 2.40. The van der Waals surface area contributed by atoms with E-state index in [1.807, 2.05) is 0 Å². The zero-order chi connectivity index (χ0) is 15.6. The van der Waals surface area contributed by atoms with Gasteiger partial charge in [-0.3, -0.25) is 0 Å². The van der Waals surface area contributed by atoms with Gasteiger partial charge in [0.05, 0.1) is 5.56 Å². The van der Waals surface area contributed by atoms with Gasteiger partial charge in [0.2, 0.25) is 5.88 Å². The lowest BCUT2D eigenvalue weighted by atomic mass is 10.2. The highest BCUT2D eigenvalue weighted by molar-refractivity contribution is 6.31. The Balaban J connectivity index is 2.35.